The monoisotopic (exact) mass is 371 g/mol. The summed E-state index contributed by atoms with van der Waals surface area (Å²) >= 11 is 3.35. The molecule has 1 N–H and O–H groups in total. The van der Waals surface area contributed by atoms with Gasteiger partial charge >= 0.3 is 5.97 Å². The number of carbonyl (C=O) groups excluding carboxylic acids is 1. The summed E-state index contributed by atoms with van der Waals surface area (Å²) in [5, 5.41) is 9.45. The third kappa shape index (κ3) is 3.10. The maximum atomic E-state index is 12.7. The Balaban J connectivity index is 2.23. The second kappa shape index (κ2) is 6.66. The second-order valence-corrected chi connectivity index (χ2v) is 6.20. The summed E-state index contributed by atoms with van der Waals surface area (Å²) in [7, 11) is 3.00. The first kappa shape index (κ1) is 16.8. The van der Waals surface area contributed by atoms with E-state index < -0.39 is 11.4 Å². The van der Waals surface area contributed by atoms with Gasteiger partial charge in [-0.3, -0.25) is 9.59 Å². The van der Waals surface area contributed by atoms with Gasteiger partial charge in [0.2, 0.25) is 0 Å². The second-order valence-electron chi connectivity index (χ2n) is 5.34. The van der Waals surface area contributed by atoms with Crippen molar-refractivity contribution in [3.63, 3.8) is 0 Å². The Bertz CT molecular complexity index is 591. The number of ether oxygens (including phenoxy) is 2. The predicted octanol–water partition coefficient (Wildman–Crippen LogP) is 2.02. The number of rotatable bonds is 5. The van der Waals surface area contributed by atoms with Crippen LogP contribution in [0.15, 0.2) is 22.7 Å². The van der Waals surface area contributed by atoms with Crippen molar-refractivity contribution in [2.24, 2.45) is 5.41 Å². The van der Waals surface area contributed by atoms with Crippen molar-refractivity contribution in [2.45, 2.75) is 6.42 Å². The first-order valence-corrected chi connectivity index (χ1v) is 7.58. The van der Waals surface area contributed by atoms with E-state index in [-0.39, 0.29) is 19.1 Å². The molecule has 2 rings (SSSR count). The summed E-state index contributed by atoms with van der Waals surface area (Å²) in [4.78, 5) is 25.7. The van der Waals surface area contributed by atoms with Crippen LogP contribution in [0.1, 0.15) is 16.8 Å². The first-order valence-electron chi connectivity index (χ1n) is 6.78. The van der Waals surface area contributed by atoms with Gasteiger partial charge in [-0.2, -0.15) is 0 Å². The molecule has 1 fully saturated rings. The zero-order chi connectivity index (χ0) is 16.3. The molecule has 1 aliphatic rings. The molecular weight excluding hydrogens is 354 g/mol. The van der Waals surface area contributed by atoms with Crippen LogP contribution in [0.2, 0.25) is 0 Å². The van der Waals surface area contributed by atoms with E-state index in [0.29, 0.717) is 28.8 Å². The Hall–Kier alpha value is -1.60. The number of likely N-dealkylation sites (tertiary alicyclic amines) is 1. The Morgan fingerprint density at radius 2 is 2.14 bits per heavy atom. The van der Waals surface area contributed by atoms with Gasteiger partial charge in [0.05, 0.1) is 19.3 Å². The van der Waals surface area contributed by atoms with Gasteiger partial charge in [-0.1, -0.05) is 0 Å². The highest BCUT2D eigenvalue weighted by Crippen LogP contribution is 2.33. The van der Waals surface area contributed by atoms with Crippen LogP contribution in [-0.4, -0.2) is 55.8 Å². The molecule has 0 radical (unpaired) electrons. The van der Waals surface area contributed by atoms with E-state index in [1.165, 1.54) is 14.2 Å². The molecule has 1 aliphatic heterocycles. The third-order valence-corrected chi connectivity index (χ3v) is 4.61. The molecule has 0 saturated carbocycles. The Kier molecular flexibility index (Phi) is 5.08. The van der Waals surface area contributed by atoms with Gasteiger partial charge in [0.15, 0.2) is 0 Å². The van der Waals surface area contributed by atoms with Crippen molar-refractivity contribution in [3.05, 3.63) is 28.2 Å². The fourth-order valence-corrected chi connectivity index (χ4v) is 3.06. The molecular formula is C15H18BrNO5. The number of carboxylic acids is 1. The fraction of sp³-hybridized carbons (Fsp3) is 0.467. The number of amides is 1. The first-order chi connectivity index (χ1) is 10.4. The number of nitrogens with zero attached hydrogens (tertiary/aromatic N) is 1. The van der Waals surface area contributed by atoms with Crippen molar-refractivity contribution < 1.29 is 24.2 Å². The van der Waals surface area contributed by atoms with E-state index in [9.17, 15) is 14.7 Å². The SMILES string of the molecule is COCC1(C(=O)O)CCN(C(=O)c2cc(OC)ccc2Br)C1. The molecule has 1 aromatic rings. The molecule has 7 heteroatoms. The van der Waals surface area contributed by atoms with Crippen LogP contribution in [0.25, 0.3) is 0 Å². The van der Waals surface area contributed by atoms with E-state index >= 15 is 0 Å². The number of benzene rings is 1. The minimum Gasteiger partial charge on any atom is -0.497 e. The van der Waals surface area contributed by atoms with E-state index in [4.69, 9.17) is 9.47 Å². The van der Waals surface area contributed by atoms with E-state index in [0.717, 1.165) is 0 Å². The molecule has 1 amide bonds. The zero-order valence-corrected chi connectivity index (χ0v) is 14.1. The summed E-state index contributed by atoms with van der Waals surface area (Å²) in [6.07, 6.45) is 0.378. The Labute approximate surface area is 137 Å². The molecule has 1 heterocycles. The van der Waals surface area contributed by atoms with Crippen LogP contribution in [0.4, 0.5) is 0 Å². The fourth-order valence-electron chi connectivity index (χ4n) is 2.64. The van der Waals surface area contributed by atoms with Crippen LogP contribution in [0.3, 0.4) is 0 Å². The molecule has 0 spiro atoms. The largest absolute Gasteiger partial charge is 0.497 e. The van der Waals surface area contributed by atoms with Crippen LogP contribution in [0, 0.1) is 5.41 Å². The van der Waals surface area contributed by atoms with E-state index in [2.05, 4.69) is 15.9 Å². The lowest BCUT2D eigenvalue weighted by Crippen LogP contribution is -2.40. The van der Waals surface area contributed by atoms with Crippen LogP contribution in [-0.2, 0) is 9.53 Å². The quantitative estimate of drug-likeness (QED) is 0.856. The maximum Gasteiger partial charge on any atom is 0.313 e. The smallest absolute Gasteiger partial charge is 0.313 e. The number of hydrogen-bond acceptors (Lipinski definition) is 4. The van der Waals surface area contributed by atoms with Crippen LogP contribution >= 0.6 is 15.9 Å². The zero-order valence-electron chi connectivity index (χ0n) is 12.5. The number of halogens is 1. The lowest BCUT2D eigenvalue weighted by Gasteiger charge is -2.24. The summed E-state index contributed by atoms with van der Waals surface area (Å²) < 4.78 is 10.8. The molecule has 0 bridgehead atoms. The standard InChI is InChI=1S/C15H18BrNO5/c1-21-9-15(14(19)20)5-6-17(8-15)13(18)11-7-10(22-2)3-4-12(11)16/h3-4,7H,5-6,8-9H2,1-2H3,(H,19,20). The Morgan fingerprint density at radius 1 is 1.41 bits per heavy atom. The van der Waals surface area contributed by atoms with Gasteiger partial charge in [-0.25, -0.2) is 0 Å². The lowest BCUT2D eigenvalue weighted by molar-refractivity contribution is -0.151. The maximum absolute atomic E-state index is 12.7. The average Bonchev–Trinajstić information content (AvgIpc) is 2.93. The summed E-state index contributed by atoms with van der Waals surface area (Å²) in [6, 6.07) is 5.13. The molecule has 1 atom stereocenters. The highest BCUT2D eigenvalue weighted by molar-refractivity contribution is 9.10. The molecule has 1 aromatic carbocycles. The topological polar surface area (TPSA) is 76.1 Å². The van der Waals surface area contributed by atoms with Gasteiger partial charge < -0.3 is 19.5 Å². The summed E-state index contributed by atoms with van der Waals surface area (Å²) in [6.45, 7) is 0.613. The van der Waals surface area contributed by atoms with Crippen molar-refractivity contribution in [2.75, 3.05) is 33.9 Å². The van der Waals surface area contributed by atoms with Crippen molar-refractivity contribution in [1.29, 1.82) is 0 Å². The minimum absolute atomic E-state index is 0.0887. The number of hydrogen-bond donors (Lipinski definition) is 1. The van der Waals surface area contributed by atoms with Gasteiger partial charge in [0.1, 0.15) is 11.2 Å². The van der Waals surface area contributed by atoms with Crippen molar-refractivity contribution in [1.82, 2.24) is 4.90 Å². The third-order valence-electron chi connectivity index (χ3n) is 3.92. The van der Waals surface area contributed by atoms with Gasteiger partial charge in [-0.15, -0.1) is 0 Å². The highest BCUT2D eigenvalue weighted by Gasteiger charge is 2.46. The van der Waals surface area contributed by atoms with Gasteiger partial charge in [-0.05, 0) is 40.5 Å². The molecule has 1 unspecified atom stereocenters. The molecule has 0 aromatic heterocycles. The normalized spacial score (nSPS) is 21.0. The molecule has 1 saturated heterocycles. The predicted molar refractivity (Wildman–Crippen MR) is 83.2 cm³/mol. The van der Waals surface area contributed by atoms with Crippen molar-refractivity contribution >= 4 is 27.8 Å². The number of methoxy groups -OCH3 is 2. The number of aliphatic carboxylic acids is 1. The molecule has 22 heavy (non-hydrogen) atoms. The minimum atomic E-state index is -1.03. The molecule has 0 aliphatic carbocycles. The molecule has 6 nitrogen and oxygen atoms in total. The summed E-state index contributed by atoms with van der Waals surface area (Å²) in [5.41, 5.74) is -0.576. The van der Waals surface area contributed by atoms with E-state index in [1.54, 1.807) is 23.1 Å². The summed E-state index contributed by atoms with van der Waals surface area (Å²) in [5.74, 6) is -0.577. The van der Waals surface area contributed by atoms with Crippen LogP contribution < -0.4 is 4.74 Å². The van der Waals surface area contributed by atoms with Gasteiger partial charge in [0, 0.05) is 24.7 Å². The highest BCUT2D eigenvalue weighted by atomic mass is 79.9. The average molecular weight is 372 g/mol. The van der Waals surface area contributed by atoms with Gasteiger partial charge in [0.25, 0.3) is 5.91 Å². The van der Waals surface area contributed by atoms with Crippen LogP contribution in [0.5, 0.6) is 5.75 Å². The number of carbonyl (C=O) groups is 2. The Morgan fingerprint density at radius 3 is 2.73 bits per heavy atom. The molecule has 120 valence electrons. The van der Waals surface area contributed by atoms with E-state index in [1.807, 2.05) is 0 Å². The number of carboxylic acid groups (broad SMARTS) is 1. The lowest BCUT2D eigenvalue weighted by atomic mass is 9.88. The van der Waals surface area contributed by atoms with Crippen molar-refractivity contribution in [3.8, 4) is 5.75 Å².